The van der Waals surface area contributed by atoms with Crippen molar-refractivity contribution in [1.29, 1.82) is 0 Å². The highest BCUT2D eigenvalue weighted by molar-refractivity contribution is 5.19. The van der Waals surface area contributed by atoms with Gasteiger partial charge in [0.2, 0.25) is 0 Å². The largest absolute Gasteiger partial charge is 0.394 e. The van der Waals surface area contributed by atoms with Gasteiger partial charge < -0.3 is 15.0 Å². The summed E-state index contributed by atoms with van der Waals surface area (Å²) >= 11 is 0. The summed E-state index contributed by atoms with van der Waals surface area (Å²) in [5.74, 6) is 1.18. The van der Waals surface area contributed by atoms with Crippen LogP contribution in [0.15, 0.2) is 0 Å². The fraction of sp³-hybridized carbons (Fsp3) is 0.812. The summed E-state index contributed by atoms with van der Waals surface area (Å²) in [6.45, 7) is 5.48. The number of nitrogens with one attached hydrogen (secondary N) is 1. The molecule has 2 N–H and O–H groups in total. The fourth-order valence-corrected chi connectivity index (χ4v) is 3.10. The van der Waals surface area contributed by atoms with E-state index in [-0.39, 0.29) is 12.1 Å². The predicted molar refractivity (Wildman–Crippen MR) is 82.0 cm³/mol. The van der Waals surface area contributed by atoms with Crippen molar-refractivity contribution in [2.75, 3.05) is 13.7 Å². The van der Waals surface area contributed by atoms with Crippen LogP contribution in [0.1, 0.15) is 56.2 Å². The predicted octanol–water partition coefficient (Wildman–Crippen LogP) is 2.21. The number of hydrogen-bond acceptors (Lipinski definition) is 3. The van der Waals surface area contributed by atoms with Crippen molar-refractivity contribution in [1.82, 2.24) is 14.9 Å². The first-order chi connectivity index (χ1) is 9.59. The normalized spacial score (nSPS) is 17.8. The Kier molecular flexibility index (Phi) is 5.22. The maximum Gasteiger partial charge on any atom is 0.106 e. The second-order valence-electron chi connectivity index (χ2n) is 6.34. The molecule has 1 unspecified atom stereocenters. The maximum absolute atomic E-state index is 9.39. The van der Waals surface area contributed by atoms with Crippen LogP contribution in [0, 0.1) is 6.92 Å². The minimum atomic E-state index is -0.136. The molecule has 0 aromatic carbocycles. The molecular formula is C16H29N3O. The van der Waals surface area contributed by atoms with Crippen LogP contribution in [-0.4, -0.2) is 33.9 Å². The van der Waals surface area contributed by atoms with Crippen LogP contribution in [0.5, 0.6) is 0 Å². The molecule has 1 aliphatic carbocycles. The first-order valence-corrected chi connectivity index (χ1v) is 7.94. The Hall–Kier alpha value is -0.870. The molecule has 1 aliphatic rings. The number of fused-ring (bicyclic) bond motifs is 1. The van der Waals surface area contributed by atoms with E-state index in [4.69, 9.17) is 4.98 Å². The van der Waals surface area contributed by atoms with Gasteiger partial charge in [0.1, 0.15) is 5.82 Å². The third-order valence-electron chi connectivity index (χ3n) is 4.74. The van der Waals surface area contributed by atoms with E-state index in [9.17, 15) is 5.11 Å². The molecule has 0 bridgehead atoms. The highest BCUT2D eigenvalue weighted by Gasteiger charge is 2.20. The molecule has 0 saturated carbocycles. The standard InChI is InChI=1S/C16H29N3O/c1-13-18-14-8-4-5-9-15(14)19(13)11-7-6-10-16(2,12-20)17-3/h17,20H,4-12H2,1-3H3. The molecular weight excluding hydrogens is 250 g/mol. The quantitative estimate of drug-likeness (QED) is 0.752. The average Bonchev–Trinajstić information content (AvgIpc) is 2.79. The monoisotopic (exact) mass is 279 g/mol. The SMILES string of the molecule is CNC(C)(CO)CCCCn1c(C)nc2c1CCCC2. The van der Waals surface area contributed by atoms with Gasteiger partial charge in [-0.3, -0.25) is 0 Å². The van der Waals surface area contributed by atoms with Gasteiger partial charge in [-0.25, -0.2) is 4.98 Å². The van der Waals surface area contributed by atoms with Gasteiger partial charge in [0.05, 0.1) is 12.3 Å². The zero-order chi connectivity index (χ0) is 14.6. The minimum Gasteiger partial charge on any atom is -0.394 e. The van der Waals surface area contributed by atoms with Gasteiger partial charge in [0.15, 0.2) is 0 Å². The van der Waals surface area contributed by atoms with Gasteiger partial charge in [-0.1, -0.05) is 0 Å². The lowest BCUT2D eigenvalue weighted by atomic mass is 9.96. The van der Waals surface area contributed by atoms with Crippen molar-refractivity contribution in [3.05, 3.63) is 17.2 Å². The summed E-state index contributed by atoms with van der Waals surface area (Å²) < 4.78 is 2.42. The van der Waals surface area contributed by atoms with Crippen LogP contribution in [0.25, 0.3) is 0 Å². The van der Waals surface area contributed by atoms with Gasteiger partial charge in [-0.05, 0) is 65.8 Å². The molecule has 1 aromatic heterocycles. The molecule has 0 aliphatic heterocycles. The number of aromatic nitrogens is 2. The smallest absolute Gasteiger partial charge is 0.106 e. The minimum absolute atomic E-state index is 0.136. The number of aliphatic hydroxyl groups excluding tert-OH is 1. The zero-order valence-corrected chi connectivity index (χ0v) is 13.2. The number of rotatable bonds is 7. The highest BCUT2D eigenvalue weighted by Crippen LogP contribution is 2.23. The lowest BCUT2D eigenvalue weighted by molar-refractivity contribution is 0.170. The highest BCUT2D eigenvalue weighted by atomic mass is 16.3. The van der Waals surface area contributed by atoms with E-state index in [1.807, 2.05) is 7.05 Å². The Balaban J connectivity index is 1.87. The molecule has 114 valence electrons. The van der Waals surface area contributed by atoms with E-state index < -0.39 is 0 Å². The topological polar surface area (TPSA) is 50.1 Å². The van der Waals surface area contributed by atoms with Crippen molar-refractivity contribution < 1.29 is 5.11 Å². The van der Waals surface area contributed by atoms with Crippen LogP contribution in [0.3, 0.4) is 0 Å². The Morgan fingerprint density at radius 2 is 2.05 bits per heavy atom. The first-order valence-electron chi connectivity index (χ1n) is 7.94. The Morgan fingerprint density at radius 3 is 2.75 bits per heavy atom. The number of nitrogens with zero attached hydrogens (tertiary/aromatic N) is 2. The van der Waals surface area contributed by atoms with E-state index in [1.54, 1.807) is 0 Å². The number of aliphatic hydroxyl groups is 1. The summed E-state index contributed by atoms with van der Waals surface area (Å²) in [7, 11) is 1.92. The molecule has 1 atom stereocenters. The molecule has 2 rings (SSSR count). The number of imidazole rings is 1. The van der Waals surface area contributed by atoms with Gasteiger partial charge in [-0.15, -0.1) is 0 Å². The lowest BCUT2D eigenvalue weighted by Gasteiger charge is -2.26. The van der Waals surface area contributed by atoms with Crippen LogP contribution < -0.4 is 5.32 Å². The molecule has 0 saturated heterocycles. The molecule has 1 heterocycles. The van der Waals surface area contributed by atoms with Crippen molar-refractivity contribution in [3.63, 3.8) is 0 Å². The molecule has 4 heteroatoms. The molecule has 0 spiro atoms. The Morgan fingerprint density at radius 1 is 1.30 bits per heavy atom. The van der Waals surface area contributed by atoms with Gasteiger partial charge in [-0.2, -0.15) is 0 Å². The van der Waals surface area contributed by atoms with Crippen LogP contribution in [-0.2, 0) is 19.4 Å². The third-order valence-corrected chi connectivity index (χ3v) is 4.74. The van der Waals surface area contributed by atoms with Crippen molar-refractivity contribution >= 4 is 0 Å². The van der Waals surface area contributed by atoms with Crippen molar-refractivity contribution in [2.24, 2.45) is 0 Å². The van der Waals surface area contributed by atoms with Gasteiger partial charge in [0.25, 0.3) is 0 Å². The van der Waals surface area contributed by atoms with Gasteiger partial charge >= 0.3 is 0 Å². The lowest BCUT2D eigenvalue weighted by Crippen LogP contribution is -2.43. The first kappa shape index (κ1) is 15.5. The van der Waals surface area contributed by atoms with Crippen LogP contribution in [0.2, 0.25) is 0 Å². The molecule has 0 fully saturated rings. The number of unbranched alkanes of at least 4 members (excludes halogenated alkanes) is 1. The number of aryl methyl sites for hydroxylation is 2. The number of likely N-dealkylation sites (N-methyl/N-ethyl adjacent to an activating group) is 1. The third kappa shape index (κ3) is 3.41. The molecule has 0 radical (unpaired) electrons. The van der Waals surface area contributed by atoms with Crippen molar-refractivity contribution in [3.8, 4) is 0 Å². The van der Waals surface area contributed by atoms with Crippen LogP contribution >= 0.6 is 0 Å². The van der Waals surface area contributed by atoms with Gasteiger partial charge in [0, 0.05) is 17.8 Å². The zero-order valence-electron chi connectivity index (χ0n) is 13.2. The van der Waals surface area contributed by atoms with E-state index in [0.29, 0.717) is 0 Å². The summed E-state index contributed by atoms with van der Waals surface area (Å²) in [6.07, 6.45) is 8.24. The molecule has 20 heavy (non-hydrogen) atoms. The summed E-state index contributed by atoms with van der Waals surface area (Å²) in [4.78, 5) is 4.72. The van der Waals surface area contributed by atoms with Crippen molar-refractivity contribution in [2.45, 2.75) is 70.9 Å². The summed E-state index contributed by atoms with van der Waals surface area (Å²) in [6, 6.07) is 0. The summed E-state index contributed by atoms with van der Waals surface area (Å²) in [5, 5.41) is 12.6. The number of hydrogen-bond donors (Lipinski definition) is 2. The Bertz CT molecular complexity index is 435. The summed E-state index contributed by atoms with van der Waals surface area (Å²) in [5.41, 5.74) is 2.68. The average molecular weight is 279 g/mol. The Labute approximate surface area is 122 Å². The molecule has 1 aromatic rings. The fourth-order valence-electron chi connectivity index (χ4n) is 3.10. The van der Waals surface area contributed by atoms with E-state index >= 15 is 0 Å². The molecule has 0 amide bonds. The molecule has 4 nitrogen and oxygen atoms in total. The van der Waals surface area contributed by atoms with E-state index in [0.717, 1.165) is 32.2 Å². The van der Waals surface area contributed by atoms with E-state index in [1.165, 1.54) is 36.5 Å². The van der Waals surface area contributed by atoms with E-state index in [2.05, 4.69) is 23.7 Å². The van der Waals surface area contributed by atoms with Crippen LogP contribution in [0.4, 0.5) is 0 Å². The second kappa shape index (κ2) is 6.72. The maximum atomic E-state index is 9.39. The second-order valence-corrected chi connectivity index (χ2v) is 6.34.